The lowest BCUT2D eigenvalue weighted by molar-refractivity contribution is -0.705. The van der Waals surface area contributed by atoms with Crippen molar-refractivity contribution in [3.05, 3.63) is 5.21 Å². The fraction of sp³-hybridized carbons (Fsp3) is 0.714. The number of nitrogens with zero attached hydrogens (tertiary/aromatic N) is 3. The minimum atomic E-state index is -1.32. The first kappa shape index (κ1) is 14.7. The average Bonchev–Trinajstić information content (AvgIpc) is 2.30. The maximum absolute atomic E-state index is 10.9. The number of rotatable bonds is 7. The quantitative estimate of drug-likeness (QED) is 0.167. The Kier molecular flexibility index (Phi) is 6.90. The molecule has 0 aliphatic carbocycles. The molecule has 10 heteroatoms. The monoisotopic (exact) mass is 251 g/mol. The molecule has 10 nitrogen and oxygen atoms in total. The fourth-order valence-corrected chi connectivity index (χ4v) is 0.493. The number of ether oxygens (including phenoxy) is 2. The van der Waals surface area contributed by atoms with Crippen LogP contribution in [0.4, 0.5) is 4.79 Å². The molecule has 17 heavy (non-hydrogen) atoms. The van der Waals surface area contributed by atoms with Gasteiger partial charge in [-0.1, -0.05) is 0 Å². The van der Waals surface area contributed by atoms with Crippen molar-refractivity contribution in [2.24, 2.45) is 5.28 Å². The maximum Gasteiger partial charge on any atom is 0.511 e. The minimum Gasteiger partial charge on any atom is -0.569 e. The minimum absolute atomic E-state index is 0.159. The predicted octanol–water partition coefficient (Wildman–Crippen LogP) is -0.0575. The molecule has 0 atom stereocenters. The Bertz CT molecular complexity index is 293. The zero-order chi connectivity index (χ0) is 13.3. The lowest BCUT2D eigenvalue weighted by Gasteiger charge is -2.09. The molecule has 1 N–H and O–H groups in total. The van der Waals surface area contributed by atoms with Crippen molar-refractivity contribution in [1.29, 1.82) is 0 Å². The van der Waals surface area contributed by atoms with Crippen LogP contribution in [0.25, 0.3) is 0 Å². The number of carboxylic acids is 1. The molecule has 0 unspecified atom stereocenters. The van der Waals surface area contributed by atoms with E-state index >= 15 is 0 Å². The van der Waals surface area contributed by atoms with Gasteiger partial charge in [0.25, 0.3) is 6.79 Å². The van der Waals surface area contributed by atoms with Gasteiger partial charge in [-0.25, -0.2) is 9.59 Å². The smallest absolute Gasteiger partial charge is 0.511 e. The maximum atomic E-state index is 10.9. The highest BCUT2D eigenvalue weighted by atomic mass is 16.8. The summed E-state index contributed by atoms with van der Waals surface area (Å²) in [7, 11) is 1.47. The van der Waals surface area contributed by atoms with E-state index in [1.54, 1.807) is 6.92 Å². The summed E-state index contributed by atoms with van der Waals surface area (Å²) in [5, 5.41) is 23.3. The van der Waals surface area contributed by atoms with E-state index in [2.05, 4.69) is 19.6 Å². The number of aliphatic carboxylic acids is 1. The van der Waals surface area contributed by atoms with E-state index in [-0.39, 0.29) is 4.97 Å². The molecule has 0 amide bonds. The van der Waals surface area contributed by atoms with E-state index in [1.165, 1.54) is 12.1 Å². The van der Waals surface area contributed by atoms with Gasteiger partial charge in [-0.15, -0.1) is 5.01 Å². The number of carboxylic acid groups (broad SMARTS) is 1. The topological polar surface area (TPSA) is 124 Å². The van der Waals surface area contributed by atoms with Gasteiger partial charge in [-0.2, -0.15) is 0 Å². The van der Waals surface area contributed by atoms with Gasteiger partial charge in [0.2, 0.25) is 5.28 Å². The van der Waals surface area contributed by atoms with Gasteiger partial charge in [-0.3, -0.25) is 0 Å². The van der Waals surface area contributed by atoms with Gasteiger partial charge >= 0.3 is 12.1 Å². The molecular weight excluding hydrogens is 238 g/mol. The Morgan fingerprint density at radius 2 is 2.12 bits per heavy atom. The van der Waals surface area contributed by atoms with Gasteiger partial charge in [0.15, 0.2) is 6.61 Å². The Hall–Kier alpha value is -2.26. The van der Waals surface area contributed by atoms with Crippen LogP contribution < -0.4 is 0 Å². The van der Waals surface area contributed by atoms with Crippen molar-refractivity contribution >= 4 is 12.1 Å². The van der Waals surface area contributed by atoms with Crippen LogP contribution in [0.1, 0.15) is 6.92 Å². The Labute approximate surface area is 96.5 Å². The summed E-state index contributed by atoms with van der Waals surface area (Å²) < 4.78 is 8.33. The normalized spacial score (nSPS) is 10.6. The molecule has 0 heterocycles. The van der Waals surface area contributed by atoms with Crippen molar-refractivity contribution < 1.29 is 34.0 Å². The molecule has 0 fully saturated rings. The van der Waals surface area contributed by atoms with Crippen LogP contribution in [0.15, 0.2) is 5.28 Å². The van der Waals surface area contributed by atoms with Crippen molar-refractivity contribution in [2.45, 2.75) is 6.92 Å². The summed E-state index contributed by atoms with van der Waals surface area (Å²) in [6.45, 7) is 0.662. The standard InChI is InChI=1S/C7H13N3O7/c1-3-9(2)10(14)8-17-5-16-7(13)15-4-6(11)12/h3-5H2,1-2H3,(H,11,12). The number of carbonyl (C=O) groups is 2. The van der Waals surface area contributed by atoms with Crippen LogP contribution >= 0.6 is 0 Å². The molecular formula is C7H13N3O7. The molecule has 0 rings (SSSR count). The van der Waals surface area contributed by atoms with E-state index < -0.39 is 25.5 Å². The van der Waals surface area contributed by atoms with Gasteiger partial charge in [0.1, 0.15) is 0 Å². The van der Waals surface area contributed by atoms with Crippen LogP contribution in [0.3, 0.4) is 0 Å². The SMILES string of the molecule is CCN(C)[N+]([O-])=NOCOC(=O)OCC(=O)O. The van der Waals surface area contributed by atoms with Crippen molar-refractivity contribution in [1.82, 2.24) is 5.01 Å². The summed E-state index contributed by atoms with van der Waals surface area (Å²) in [5.74, 6) is -1.32. The highest BCUT2D eigenvalue weighted by Gasteiger charge is 2.07. The second-order valence-electron chi connectivity index (χ2n) is 2.63. The van der Waals surface area contributed by atoms with E-state index in [9.17, 15) is 14.8 Å². The van der Waals surface area contributed by atoms with Crippen LogP contribution in [0, 0.1) is 5.21 Å². The molecule has 0 aromatic heterocycles. The van der Waals surface area contributed by atoms with E-state index in [0.29, 0.717) is 6.54 Å². The number of hydrogen-bond acceptors (Lipinski definition) is 7. The molecule has 98 valence electrons. The Balaban J connectivity index is 3.70. The lowest BCUT2D eigenvalue weighted by Crippen LogP contribution is -2.26. The summed E-state index contributed by atoms with van der Waals surface area (Å²) in [4.78, 5) is 25.1. The third kappa shape index (κ3) is 7.64. The van der Waals surface area contributed by atoms with Gasteiger partial charge in [0.05, 0.1) is 18.6 Å². The van der Waals surface area contributed by atoms with E-state index in [0.717, 1.165) is 0 Å². The molecule has 0 aromatic carbocycles. The molecule has 0 aliphatic heterocycles. The molecule has 0 aromatic rings. The largest absolute Gasteiger partial charge is 0.569 e. The molecule has 0 bridgehead atoms. The van der Waals surface area contributed by atoms with Crippen molar-refractivity contribution in [3.8, 4) is 0 Å². The second kappa shape index (κ2) is 7.96. The molecule has 0 saturated heterocycles. The Morgan fingerprint density at radius 3 is 2.65 bits per heavy atom. The van der Waals surface area contributed by atoms with E-state index in [4.69, 9.17) is 5.11 Å². The third-order valence-electron chi connectivity index (χ3n) is 1.42. The van der Waals surface area contributed by atoms with Crippen LogP contribution in [0.2, 0.25) is 0 Å². The first-order chi connectivity index (χ1) is 7.97. The second-order valence-corrected chi connectivity index (χ2v) is 2.63. The first-order valence-electron chi connectivity index (χ1n) is 4.50. The van der Waals surface area contributed by atoms with Crippen LogP contribution in [-0.4, -0.2) is 54.2 Å². The van der Waals surface area contributed by atoms with Gasteiger partial charge in [-0.05, 0) is 6.92 Å². The highest BCUT2D eigenvalue weighted by molar-refractivity contribution is 5.71. The van der Waals surface area contributed by atoms with Crippen molar-refractivity contribution in [3.63, 3.8) is 0 Å². The zero-order valence-corrected chi connectivity index (χ0v) is 9.36. The Morgan fingerprint density at radius 1 is 1.47 bits per heavy atom. The average molecular weight is 251 g/mol. The third-order valence-corrected chi connectivity index (χ3v) is 1.42. The molecule has 0 spiro atoms. The molecule has 0 aliphatic rings. The zero-order valence-electron chi connectivity index (χ0n) is 9.36. The summed E-state index contributed by atoms with van der Waals surface area (Å²) in [5.41, 5.74) is 0. The van der Waals surface area contributed by atoms with Crippen LogP contribution in [0.5, 0.6) is 0 Å². The van der Waals surface area contributed by atoms with Crippen LogP contribution in [-0.2, 0) is 19.1 Å². The first-order valence-corrected chi connectivity index (χ1v) is 4.50. The summed E-state index contributed by atoms with van der Waals surface area (Å²) >= 11 is 0. The highest BCUT2D eigenvalue weighted by Crippen LogP contribution is 1.89. The van der Waals surface area contributed by atoms with E-state index in [1.807, 2.05) is 0 Å². The van der Waals surface area contributed by atoms with Gasteiger partial charge in [0, 0.05) is 0 Å². The van der Waals surface area contributed by atoms with Crippen molar-refractivity contribution in [2.75, 3.05) is 27.0 Å². The number of hydrogen-bond donors (Lipinski definition) is 1. The summed E-state index contributed by atoms with van der Waals surface area (Å²) in [6.07, 6.45) is -1.23. The molecule has 0 saturated carbocycles. The fourth-order valence-electron chi connectivity index (χ4n) is 0.493. The lowest BCUT2D eigenvalue weighted by atomic mass is 10.7. The van der Waals surface area contributed by atoms with Gasteiger partial charge < -0.3 is 24.6 Å². The number of carbonyl (C=O) groups excluding carboxylic acids is 1. The number of hydrazine groups is 1. The summed E-state index contributed by atoms with van der Waals surface area (Å²) in [6, 6.07) is 0. The predicted molar refractivity (Wildman–Crippen MR) is 50.4 cm³/mol. The molecule has 0 radical (unpaired) electrons.